The second kappa shape index (κ2) is 8.78. The van der Waals surface area contributed by atoms with Gasteiger partial charge in [-0.25, -0.2) is 4.39 Å². The van der Waals surface area contributed by atoms with Crippen LogP contribution in [0.1, 0.15) is 32.6 Å². The van der Waals surface area contributed by atoms with Gasteiger partial charge in [-0.2, -0.15) is 0 Å². The molecule has 1 aromatic heterocycles. The van der Waals surface area contributed by atoms with Crippen LogP contribution in [0.15, 0.2) is 53.7 Å². The zero-order valence-corrected chi connectivity index (χ0v) is 17.0. The first-order valence-corrected chi connectivity index (χ1v) is 10.7. The quantitative estimate of drug-likeness (QED) is 0.566. The van der Waals surface area contributed by atoms with Gasteiger partial charge in [-0.1, -0.05) is 30.3 Å². The Balaban J connectivity index is 1.76. The molecule has 0 saturated heterocycles. The molecule has 1 saturated carbocycles. The van der Waals surface area contributed by atoms with Crippen LogP contribution in [-0.2, 0) is 4.79 Å². The number of nitrogens with zero attached hydrogens (tertiary/aromatic N) is 3. The zero-order chi connectivity index (χ0) is 20.2. The number of carbonyl (C=O) groups is 1. The average molecular weight is 412 g/mol. The van der Waals surface area contributed by atoms with Crippen molar-refractivity contribution in [3.8, 4) is 22.8 Å². The molecule has 29 heavy (non-hydrogen) atoms. The van der Waals surface area contributed by atoms with Crippen molar-refractivity contribution in [2.75, 3.05) is 6.61 Å². The molecule has 0 spiro atoms. The number of aromatic nitrogens is 3. The van der Waals surface area contributed by atoms with Crippen molar-refractivity contribution in [2.24, 2.45) is 0 Å². The van der Waals surface area contributed by atoms with Gasteiger partial charge in [0.1, 0.15) is 17.3 Å². The van der Waals surface area contributed by atoms with Crippen LogP contribution >= 0.6 is 11.8 Å². The van der Waals surface area contributed by atoms with E-state index in [0.717, 1.165) is 30.6 Å². The van der Waals surface area contributed by atoms with Crippen molar-refractivity contribution < 1.29 is 13.9 Å². The minimum Gasteiger partial charge on any atom is -0.494 e. The third-order valence-electron chi connectivity index (χ3n) is 4.90. The Hall–Kier alpha value is -2.67. The molecule has 0 bridgehead atoms. The maximum atomic E-state index is 14.7. The highest BCUT2D eigenvalue weighted by Crippen LogP contribution is 2.35. The molecule has 7 heteroatoms. The Kier molecular flexibility index (Phi) is 5.94. The molecule has 0 unspecified atom stereocenters. The summed E-state index contributed by atoms with van der Waals surface area (Å²) in [7, 11) is 0. The van der Waals surface area contributed by atoms with Gasteiger partial charge in [0.15, 0.2) is 11.0 Å². The maximum absolute atomic E-state index is 14.7. The average Bonchev–Trinajstić information content (AvgIpc) is 3.14. The molecule has 1 fully saturated rings. The lowest BCUT2D eigenvalue weighted by molar-refractivity contribution is -0.119. The topological polar surface area (TPSA) is 57.0 Å². The SMILES string of the molecule is CCOc1ccc(-c2nnc(S[C@@H]3CCCCC3=O)n2-c2ccccc2F)cc1. The summed E-state index contributed by atoms with van der Waals surface area (Å²) >= 11 is 1.38. The second-order valence-electron chi connectivity index (χ2n) is 6.87. The Morgan fingerprint density at radius 2 is 1.93 bits per heavy atom. The second-order valence-corrected chi connectivity index (χ2v) is 8.04. The van der Waals surface area contributed by atoms with Crippen LogP contribution in [0.25, 0.3) is 17.1 Å². The van der Waals surface area contributed by atoms with Crippen molar-refractivity contribution in [1.29, 1.82) is 0 Å². The van der Waals surface area contributed by atoms with E-state index in [1.165, 1.54) is 17.8 Å². The number of thioether (sulfide) groups is 1. The van der Waals surface area contributed by atoms with Gasteiger partial charge in [-0.15, -0.1) is 10.2 Å². The number of carbonyl (C=O) groups excluding carboxylic acids is 1. The van der Waals surface area contributed by atoms with E-state index < -0.39 is 0 Å². The number of hydrogen-bond donors (Lipinski definition) is 0. The molecule has 0 amide bonds. The highest BCUT2D eigenvalue weighted by molar-refractivity contribution is 8.00. The molecule has 1 atom stereocenters. The van der Waals surface area contributed by atoms with Crippen LogP contribution in [0.5, 0.6) is 5.75 Å². The van der Waals surface area contributed by atoms with Crippen molar-refractivity contribution in [1.82, 2.24) is 14.8 Å². The van der Waals surface area contributed by atoms with Crippen LogP contribution < -0.4 is 4.74 Å². The number of hydrogen-bond acceptors (Lipinski definition) is 5. The van der Waals surface area contributed by atoms with E-state index in [1.807, 2.05) is 31.2 Å². The zero-order valence-electron chi connectivity index (χ0n) is 16.2. The van der Waals surface area contributed by atoms with Gasteiger partial charge >= 0.3 is 0 Å². The first-order chi connectivity index (χ1) is 14.2. The summed E-state index contributed by atoms with van der Waals surface area (Å²) in [6.07, 6.45) is 3.36. The molecule has 0 radical (unpaired) electrons. The van der Waals surface area contributed by atoms with Gasteiger partial charge in [-0.05, 0) is 56.2 Å². The van der Waals surface area contributed by atoms with Crippen LogP contribution in [0.3, 0.4) is 0 Å². The summed E-state index contributed by atoms with van der Waals surface area (Å²) < 4.78 is 21.9. The molecule has 2 aromatic carbocycles. The van der Waals surface area contributed by atoms with Crippen molar-refractivity contribution >= 4 is 17.5 Å². The largest absolute Gasteiger partial charge is 0.494 e. The Morgan fingerprint density at radius 3 is 2.66 bits per heavy atom. The van der Waals surface area contributed by atoms with Gasteiger partial charge in [-0.3, -0.25) is 9.36 Å². The highest BCUT2D eigenvalue weighted by atomic mass is 32.2. The summed E-state index contributed by atoms with van der Waals surface area (Å²) in [6.45, 7) is 2.51. The summed E-state index contributed by atoms with van der Waals surface area (Å²) in [5.41, 5.74) is 1.16. The summed E-state index contributed by atoms with van der Waals surface area (Å²) in [4.78, 5) is 12.3. The highest BCUT2D eigenvalue weighted by Gasteiger charge is 2.27. The normalized spacial score (nSPS) is 16.8. The van der Waals surface area contributed by atoms with Gasteiger partial charge < -0.3 is 4.74 Å². The predicted molar refractivity (Wildman–Crippen MR) is 111 cm³/mol. The van der Waals surface area contributed by atoms with E-state index in [2.05, 4.69) is 10.2 Å². The van der Waals surface area contributed by atoms with E-state index in [1.54, 1.807) is 22.8 Å². The minimum absolute atomic E-state index is 0.161. The lowest BCUT2D eigenvalue weighted by Gasteiger charge is -2.20. The van der Waals surface area contributed by atoms with Gasteiger partial charge in [0.05, 0.1) is 17.5 Å². The third kappa shape index (κ3) is 4.19. The number of benzene rings is 2. The molecule has 1 aliphatic carbocycles. The summed E-state index contributed by atoms with van der Waals surface area (Å²) in [6, 6.07) is 14.0. The van der Waals surface area contributed by atoms with E-state index in [9.17, 15) is 9.18 Å². The standard InChI is InChI=1S/C22H22FN3O2S/c1-2-28-16-13-11-15(12-14-16)21-24-25-22(29-20-10-6-5-9-19(20)27)26(21)18-8-4-3-7-17(18)23/h3-4,7-8,11-14,20H,2,5-6,9-10H2,1H3/t20-/m1/s1. The summed E-state index contributed by atoms with van der Waals surface area (Å²) in [5.74, 6) is 1.16. The number of halogens is 1. The van der Waals surface area contributed by atoms with Crippen molar-refractivity contribution in [3.63, 3.8) is 0 Å². The first-order valence-electron chi connectivity index (χ1n) is 9.80. The third-order valence-corrected chi connectivity index (χ3v) is 6.15. The minimum atomic E-state index is -0.365. The lowest BCUT2D eigenvalue weighted by Crippen LogP contribution is -2.21. The molecule has 1 aliphatic rings. The number of ether oxygens (including phenoxy) is 1. The van der Waals surface area contributed by atoms with Crippen LogP contribution in [0.2, 0.25) is 0 Å². The molecule has 1 heterocycles. The molecule has 3 aromatic rings. The fraction of sp³-hybridized carbons (Fsp3) is 0.318. The molecular weight excluding hydrogens is 389 g/mol. The van der Waals surface area contributed by atoms with Gasteiger partial charge in [0.25, 0.3) is 0 Å². The first kappa shape index (κ1) is 19.6. The van der Waals surface area contributed by atoms with E-state index >= 15 is 0 Å². The molecule has 0 aliphatic heterocycles. The fourth-order valence-corrected chi connectivity index (χ4v) is 4.62. The maximum Gasteiger partial charge on any atom is 0.196 e. The molecular formula is C22H22FN3O2S. The van der Waals surface area contributed by atoms with Crippen LogP contribution in [0.4, 0.5) is 4.39 Å². The van der Waals surface area contributed by atoms with E-state index in [-0.39, 0.29) is 16.9 Å². The molecule has 5 nitrogen and oxygen atoms in total. The monoisotopic (exact) mass is 411 g/mol. The fourth-order valence-electron chi connectivity index (χ4n) is 3.45. The summed E-state index contributed by atoms with van der Waals surface area (Å²) in [5, 5.41) is 9.03. The number of rotatable bonds is 6. The predicted octanol–water partition coefficient (Wildman–Crippen LogP) is 5.08. The van der Waals surface area contributed by atoms with Crippen molar-refractivity contribution in [3.05, 3.63) is 54.3 Å². The lowest BCUT2D eigenvalue weighted by atomic mass is 9.99. The van der Waals surface area contributed by atoms with E-state index in [0.29, 0.717) is 29.7 Å². The van der Waals surface area contributed by atoms with Crippen LogP contribution in [-0.4, -0.2) is 32.4 Å². The molecule has 150 valence electrons. The van der Waals surface area contributed by atoms with Gasteiger partial charge in [0.2, 0.25) is 0 Å². The molecule has 0 N–H and O–H groups in total. The Morgan fingerprint density at radius 1 is 1.14 bits per heavy atom. The molecule has 4 rings (SSSR count). The number of para-hydroxylation sites is 1. The van der Waals surface area contributed by atoms with Gasteiger partial charge in [0, 0.05) is 12.0 Å². The number of Topliss-reactive ketones (excluding diaryl/α,β-unsaturated/α-hetero) is 1. The Bertz CT molecular complexity index is 1000. The van der Waals surface area contributed by atoms with Crippen LogP contribution in [0, 0.1) is 5.82 Å². The van der Waals surface area contributed by atoms with Crippen molar-refractivity contribution in [2.45, 2.75) is 43.0 Å². The van der Waals surface area contributed by atoms with E-state index in [4.69, 9.17) is 4.74 Å². The smallest absolute Gasteiger partial charge is 0.196 e. The number of ketones is 1. The Labute approximate surface area is 173 Å².